The van der Waals surface area contributed by atoms with Crippen LogP contribution in [0.3, 0.4) is 0 Å². The minimum atomic E-state index is 0.406. The lowest BCUT2D eigenvalue weighted by atomic mass is 9.77. The quantitative estimate of drug-likeness (QED) is 0.793. The Morgan fingerprint density at radius 1 is 1.22 bits per heavy atom. The van der Waals surface area contributed by atoms with Crippen molar-refractivity contribution in [2.75, 3.05) is 6.54 Å². The summed E-state index contributed by atoms with van der Waals surface area (Å²) in [4.78, 5) is 0. The Kier molecular flexibility index (Phi) is 4.69. The molecule has 0 saturated heterocycles. The fourth-order valence-electron chi connectivity index (χ4n) is 3.18. The molecular weight excluding hydrogens is 242 g/mol. The van der Waals surface area contributed by atoms with Gasteiger partial charge in [0, 0.05) is 11.1 Å². The van der Waals surface area contributed by atoms with Gasteiger partial charge in [-0.2, -0.15) is 0 Å². The Morgan fingerprint density at radius 3 is 2.39 bits per heavy atom. The van der Waals surface area contributed by atoms with Gasteiger partial charge in [-0.25, -0.2) is 0 Å². The molecule has 0 spiro atoms. The number of nitrogens with one attached hydrogen (secondary N) is 1. The molecule has 1 fully saturated rings. The first-order chi connectivity index (χ1) is 8.65. The summed E-state index contributed by atoms with van der Waals surface area (Å²) in [6, 6.07) is 8.85. The molecule has 1 N–H and O–H groups in total. The number of halogens is 1. The van der Waals surface area contributed by atoms with Crippen LogP contribution in [0.4, 0.5) is 0 Å². The minimum absolute atomic E-state index is 0.406. The van der Waals surface area contributed by atoms with Crippen LogP contribution in [0, 0.1) is 5.41 Å². The van der Waals surface area contributed by atoms with Gasteiger partial charge < -0.3 is 5.32 Å². The maximum absolute atomic E-state index is 5.99. The van der Waals surface area contributed by atoms with Crippen molar-refractivity contribution in [3.63, 3.8) is 0 Å². The van der Waals surface area contributed by atoms with E-state index in [1.165, 1.54) is 37.7 Å². The second-order valence-corrected chi connectivity index (χ2v) is 6.24. The predicted octanol–water partition coefficient (Wildman–Crippen LogP) is 4.96. The lowest BCUT2D eigenvalue weighted by molar-refractivity contribution is 0.223. The lowest BCUT2D eigenvalue weighted by Crippen LogP contribution is -2.35. The molecule has 0 radical (unpaired) electrons. The van der Waals surface area contributed by atoms with Gasteiger partial charge in [0.15, 0.2) is 0 Å². The zero-order valence-corrected chi connectivity index (χ0v) is 12.3. The summed E-state index contributed by atoms with van der Waals surface area (Å²) in [6.45, 7) is 5.74. The molecule has 0 aliphatic heterocycles. The molecule has 0 bridgehead atoms. The van der Waals surface area contributed by atoms with Gasteiger partial charge in [0.1, 0.15) is 0 Å². The summed E-state index contributed by atoms with van der Waals surface area (Å²) in [5.41, 5.74) is 1.79. The van der Waals surface area contributed by atoms with E-state index < -0.39 is 0 Å². The third-order valence-electron chi connectivity index (χ3n) is 4.24. The third-order valence-corrected chi connectivity index (χ3v) is 4.50. The molecule has 1 aromatic carbocycles. The van der Waals surface area contributed by atoms with Crippen molar-refractivity contribution in [2.45, 2.75) is 52.0 Å². The molecule has 0 aromatic heterocycles. The van der Waals surface area contributed by atoms with Crippen LogP contribution in [0.5, 0.6) is 0 Å². The van der Waals surface area contributed by atoms with Crippen LogP contribution >= 0.6 is 11.6 Å². The molecular formula is C16H24ClN. The van der Waals surface area contributed by atoms with E-state index in [0.29, 0.717) is 11.5 Å². The van der Waals surface area contributed by atoms with Gasteiger partial charge >= 0.3 is 0 Å². The maximum Gasteiger partial charge on any atom is 0.0406 e. The summed E-state index contributed by atoms with van der Waals surface area (Å²) in [6.07, 6.45) is 6.58. The first kappa shape index (κ1) is 13.9. The Morgan fingerprint density at radius 2 is 1.83 bits per heavy atom. The smallest absolute Gasteiger partial charge is 0.0406 e. The standard InChI is InChI=1S/C16H24ClN/c1-3-12-18-15(16(2)10-4-5-11-16)13-6-8-14(17)9-7-13/h6-9,15,18H,3-5,10-12H2,1-2H3. The Labute approximate surface area is 116 Å². The molecule has 2 rings (SSSR count). The van der Waals surface area contributed by atoms with E-state index in [2.05, 4.69) is 31.3 Å². The SMILES string of the molecule is CCCNC(c1ccc(Cl)cc1)C1(C)CCCC1. The van der Waals surface area contributed by atoms with Crippen LogP contribution in [-0.2, 0) is 0 Å². The summed E-state index contributed by atoms with van der Waals surface area (Å²) in [5.74, 6) is 0. The molecule has 1 nitrogen and oxygen atoms in total. The van der Waals surface area contributed by atoms with Gasteiger partial charge in [-0.1, -0.05) is 50.4 Å². The predicted molar refractivity (Wildman–Crippen MR) is 79.1 cm³/mol. The Hall–Kier alpha value is -0.530. The average Bonchev–Trinajstić information content (AvgIpc) is 2.80. The molecule has 0 amide bonds. The second-order valence-electron chi connectivity index (χ2n) is 5.80. The Bertz CT molecular complexity index is 365. The Balaban J connectivity index is 2.21. The van der Waals surface area contributed by atoms with E-state index in [4.69, 9.17) is 11.6 Å². The maximum atomic E-state index is 5.99. The van der Waals surface area contributed by atoms with Crippen molar-refractivity contribution in [1.82, 2.24) is 5.32 Å². The van der Waals surface area contributed by atoms with Gasteiger partial charge in [0.2, 0.25) is 0 Å². The largest absolute Gasteiger partial charge is 0.309 e. The van der Waals surface area contributed by atoms with E-state index in [0.717, 1.165) is 11.6 Å². The fraction of sp³-hybridized carbons (Fsp3) is 0.625. The van der Waals surface area contributed by atoms with Gasteiger partial charge in [0.25, 0.3) is 0 Å². The zero-order valence-electron chi connectivity index (χ0n) is 11.5. The van der Waals surface area contributed by atoms with Crippen LogP contribution in [0.25, 0.3) is 0 Å². The van der Waals surface area contributed by atoms with E-state index in [1.807, 2.05) is 12.1 Å². The molecule has 1 aromatic rings. The third kappa shape index (κ3) is 3.07. The highest BCUT2D eigenvalue weighted by Crippen LogP contribution is 2.47. The molecule has 1 atom stereocenters. The highest BCUT2D eigenvalue weighted by atomic mass is 35.5. The molecule has 0 heterocycles. The first-order valence-electron chi connectivity index (χ1n) is 7.14. The van der Waals surface area contributed by atoms with E-state index in [9.17, 15) is 0 Å². The zero-order chi connectivity index (χ0) is 13.0. The number of hydrogen-bond acceptors (Lipinski definition) is 1. The van der Waals surface area contributed by atoms with Crippen molar-refractivity contribution in [3.8, 4) is 0 Å². The van der Waals surface area contributed by atoms with Crippen molar-refractivity contribution >= 4 is 11.6 Å². The van der Waals surface area contributed by atoms with E-state index >= 15 is 0 Å². The highest BCUT2D eigenvalue weighted by molar-refractivity contribution is 6.30. The molecule has 18 heavy (non-hydrogen) atoms. The molecule has 2 heteroatoms. The normalized spacial score (nSPS) is 19.9. The van der Waals surface area contributed by atoms with Crippen LogP contribution in [0.1, 0.15) is 57.6 Å². The van der Waals surface area contributed by atoms with Crippen LogP contribution < -0.4 is 5.32 Å². The van der Waals surface area contributed by atoms with Crippen LogP contribution in [0.2, 0.25) is 5.02 Å². The molecule has 1 saturated carbocycles. The molecule has 1 unspecified atom stereocenters. The number of hydrogen-bond donors (Lipinski definition) is 1. The van der Waals surface area contributed by atoms with Gasteiger partial charge in [-0.3, -0.25) is 0 Å². The summed E-state index contributed by atoms with van der Waals surface area (Å²) in [7, 11) is 0. The minimum Gasteiger partial charge on any atom is -0.309 e. The molecule has 1 aliphatic carbocycles. The van der Waals surface area contributed by atoms with Gasteiger partial charge in [0.05, 0.1) is 0 Å². The fourth-order valence-corrected chi connectivity index (χ4v) is 3.31. The van der Waals surface area contributed by atoms with Gasteiger partial charge in [-0.05, 0) is 48.9 Å². The molecule has 1 aliphatic rings. The van der Waals surface area contributed by atoms with Crippen molar-refractivity contribution in [2.24, 2.45) is 5.41 Å². The lowest BCUT2D eigenvalue weighted by Gasteiger charge is -2.35. The number of rotatable bonds is 5. The monoisotopic (exact) mass is 265 g/mol. The van der Waals surface area contributed by atoms with Crippen LogP contribution in [0.15, 0.2) is 24.3 Å². The van der Waals surface area contributed by atoms with Crippen molar-refractivity contribution in [1.29, 1.82) is 0 Å². The van der Waals surface area contributed by atoms with Crippen LogP contribution in [-0.4, -0.2) is 6.54 Å². The second kappa shape index (κ2) is 6.08. The van der Waals surface area contributed by atoms with E-state index in [-0.39, 0.29) is 0 Å². The summed E-state index contributed by atoms with van der Waals surface area (Å²) in [5, 5.41) is 4.57. The van der Waals surface area contributed by atoms with Gasteiger partial charge in [-0.15, -0.1) is 0 Å². The highest BCUT2D eigenvalue weighted by Gasteiger charge is 2.37. The van der Waals surface area contributed by atoms with Crippen molar-refractivity contribution < 1.29 is 0 Å². The summed E-state index contributed by atoms with van der Waals surface area (Å²) < 4.78 is 0. The summed E-state index contributed by atoms with van der Waals surface area (Å²) >= 11 is 5.99. The number of benzene rings is 1. The topological polar surface area (TPSA) is 12.0 Å². The van der Waals surface area contributed by atoms with Crippen molar-refractivity contribution in [3.05, 3.63) is 34.9 Å². The first-order valence-corrected chi connectivity index (χ1v) is 7.52. The molecule has 100 valence electrons. The van der Waals surface area contributed by atoms with E-state index in [1.54, 1.807) is 0 Å². The average molecular weight is 266 g/mol.